The van der Waals surface area contributed by atoms with Crippen LogP contribution in [-0.4, -0.2) is 60.9 Å². The largest absolute Gasteiger partial charge is 0.507 e. The summed E-state index contributed by atoms with van der Waals surface area (Å²) in [5.74, 6) is -0.909. The fourth-order valence-electron chi connectivity index (χ4n) is 3.33. The number of ketones is 1. The fourth-order valence-corrected chi connectivity index (χ4v) is 3.33. The van der Waals surface area contributed by atoms with Crippen LogP contribution in [0, 0.1) is 0 Å². The Morgan fingerprint density at radius 2 is 1.82 bits per heavy atom. The van der Waals surface area contributed by atoms with Crippen LogP contribution < -0.4 is 4.74 Å². The van der Waals surface area contributed by atoms with E-state index in [-0.39, 0.29) is 11.3 Å². The molecule has 0 aromatic heterocycles. The summed E-state index contributed by atoms with van der Waals surface area (Å²) in [4.78, 5) is 29.1. The van der Waals surface area contributed by atoms with Crippen LogP contribution in [0.1, 0.15) is 17.2 Å². The maximum atomic E-state index is 12.9. The van der Waals surface area contributed by atoms with Gasteiger partial charge in [0.1, 0.15) is 11.5 Å². The van der Waals surface area contributed by atoms with Gasteiger partial charge in [-0.3, -0.25) is 9.59 Å². The van der Waals surface area contributed by atoms with Gasteiger partial charge in [0.15, 0.2) is 0 Å². The second-order valence-corrected chi connectivity index (χ2v) is 6.94. The molecule has 6 nitrogen and oxygen atoms in total. The third kappa shape index (κ3) is 3.77. The van der Waals surface area contributed by atoms with Crippen LogP contribution in [-0.2, 0) is 9.59 Å². The van der Waals surface area contributed by atoms with Gasteiger partial charge in [0.2, 0.25) is 0 Å². The molecule has 1 heterocycles. The summed E-state index contributed by atoms with van der Waals surface area (Å²) in [6, 6.07) is 15.5. The minimum Gasteiger partial charge on any atom is -0.507 e. The lowest BCUT2D eigenvalue weighted by Crippen LogP contribution is -2.35. The molecule has 1 amide bonds. The van der Waals surface area contributed by atoms with Crippen molar-refractivity contribution in [2.24, 2.45) is 0 Å². The number of aliphatic hydroxyl groups is 1. The fraction of sp³-hybridized carbons (Fsp3) is 0.273. The maximum Gasteiger partial charge on any atom is 0.295 e. The summed E-state index contributed by atoms with van der Waals surface area (Å²) in [6.45, 7) is 0.988. The van der Waals surface area contributed by atoms with Gasteiger partial charge in [-0.2, -0.15) is 0 Å². The van der Waals surface area contributed by atoms with Gasteiger partial charge >= 0.3 is 0 Å². The van der Waals surface area contributed by atoms with E-state index < -0.39 is 17.7 Å². The Bertz CT molecular complexity index is 906. The van der Waals surface area contributed by atoms with Gasteiger partial charge in [-0.25, -0.2) is 0 Å². The van der Waals surface area contributed by atoms with Crippen LogP contribution in [0.5, 0.6) is 5.75 Å². The van der Waals surface area contributed by atoms with Gasteiger partial charge < -0.3 is 19.6 Å². The number of carbonyl (C=O) groups excluding carboxylic acids is 2. The number of benzene rings is 2. The first-order chi connectivity index (χ1) is 13.4. The summed E-state index contributed by atoms with van der Waals surface area (Å²) in [5.41, 5.74) is 1.32. The lowest BCUT2D eigenvalue weighted by molar-refractivity contribution is -0.140. The molecule has 1 fully saturated rings. The number of amides is 1. The van der Waals surface area contributed by atoms with Gasteiger partial charge in [0, 0.05) is 18.7 Å². The second kappa shape index (κ2) is 8.27. The molecule has 2 aromatic carbocycles. The highest BCUT2D eigenvalue weighted by atomic mass is 16.5. The predicted molar refractivity (Wildman–Crippen MR) is 107 cm³/mol. The first-order valence-corrected chi connectivity index (χ1v) is 9.06. The van der Waals surface area contributed by atoms with E-state index in [1.54, 1.807) is 24.3 Å². The Balaban J connectivity index is 2.13. The van der Waals surface area contributed by atoms with E-state index >= 15 is 0 Å². The van der Waals surface area contributed by atoms with Gasteiger partial charge in [-0.05, 0) is 31.8 Å². The summed E-state index contributed by atoms with van der Waals surface area (Å²) in [7, 11) is 5.35. The molecule has 1 aliphatic rings. The molecule has 0 spiro atoms. The van der Waals surface area contributed by atoms with Crippen molar-refractivity contribution in [1.29, 1.82) is 0 Å². The Hall–Kier alpha value is -3.12. The zero-order valence-corrected chi connectivity index (χ0v) is 16.3. The Kier molecular flexibility index (Phi) is 5.80. The first-order valence-electron chi connectivity index (χ1n) is 9.06. The number of carbonyl (C=O) groups is 2. The molecule has 146 valence electrons. The number of hydrogen-bond acceptors (Lipinski definition) is 5. The molecular formula is C22H24N2O4. The number of Topliss-reactive ketones (excluding diaryl/α,β-unsaturated/α-hetero) is 1. The first kappa shape index (κ1) is 19.6. The van der Waals surface area contributed by atoms with E-state index in [2.05, 4.69) is 0 Å². The zero-order chi connectivity index (χ0) is 20.3. The molecule has 1 atom stereocenters. The van der Waals surface area contributed by atoms with Gasteiger partial charge in [0.05, 0.1) is 18.7 Å². The SMILES string of the molecule is COc1cccc(/C(O)=C2\C(=O)C(=O)N(CCN(C)C)C2c2ccccc2)c1. The molecule has 1 aliphatic heterocycles. The van der Waals surface area contributed by atoms with Crippen LogP contribution in [0.4, 0.5) is 0 Å². The third-order valence-corrected chi connectivity index (χ3v) is 4.79. The highest BCUT2D eigenvalue weighted by Gasteiger charge is 2.45. The topological polar surface area (TPSA) is 70.1 Å². The predicted octanol–water partition coefficient (Wildman–Crippen LogP) is 2.68. The van der Waals surface area contributed by atoms with Crippen molar-refractivity contribution >= 4 is 17.4 Å². The van der Waals surface area contributed by atoms with E-state index in [0.29, 0.717) is 24.4 Å². The molecule has 0 bridgehead atoms. The Morgan fingerprint density at radius 1 is 1.11 bits per heavy atom. The molecule has 1 unspecified atom stereocenters. The van der Waals surface area contributed by atoms with E-state index in [0.717, 1.165) is 5.56 Å². The van der Waals surface area contributed by atoms with Crippen LogP contribution in [0.25, 0.3) is 5.76 Å². The summed E-state index contributed by atoms with van der Waals surface area (Å²) in [6.07, 6.45) is 0. The summed E-state index contributed by atoms with van der Waals surface area (Å²) < 4.78 is 5.21. The van der Waals surface area contributed by atoms with Crippen molar-refractivity contribution in [3.8, 4) is 5.75 Å². The molecule has 3 rings (SSSR count). The Morgan fingerprint density at radius 3 is 2.46 bits per heavy atom. The van der Waals surface area contributed by atoms with E-state index in [4.69, 9.17) is 4.74 Å². The number of methoxy groups -OCH3 is 1. The number of rotatable bonds is 6. The van der Waals surface area contributed by atoms with Crippen LogP contribution >= 0.6 is 0 Å². The van der Waals surface area contributed by atoms with Crippen molar-refractivity contribution in [3.05, 3.63) is 71.3 Å². The standard InChI is InChI=1S/C22H24N2O4/c1-23(2)12-13-24-19(15-8-5-4-6-9-15)18(21(26)22(24)27)20(25)16-10-7-11-17(14-16)28-3/h4-11,14,19,25H,12-13H2,1-3H3/b20-18+. The average Bonchev–Trinajstić information content (AvgIpc) is 2.97. The number of aliphatic hydroxyl groups excluding tert-OH is 1. The number of likely N-dealkylation sites (N-methyl/N-ethyl adjacent to an activating group) is 1. The molecule has 2 aromatic rings. The average molecular weight is 380 g/mol. The monoisotopic (exact) mass is 380 g/mol. The van der Waals surface area contributed by atoms with Crippen molar-refractivity contribution in [2.45, 2.75) is 6.04 Å². The molecule has 6 heteroatoms. The minimum absolute atomic E-state index is 0.100. The number of hydrogen-bond donors (Lipinski definition) is 1. The maximum absolute atomic E-state index is 12.9. The normalized spacial score (nSPS) is 18.7. The second-order valence-electron chi connectivity index (χ2n) is 6.94. The molecular weight excluding hydrogens is 356 g/mol. The molecule has 28 heavy (non-hydrogen) atoms. The van der Waals surface area contributed by atoms with E-state index in [9.17, 15) is 14.7 Å². The van der Waals surface area contributed by atoms with Crippen molar-refractivity contribution in [3.63, 3.8) is 0 Å². The molecule has 0 saturated carbocycles. The van der Waals surface area contributed by atoms with Crippen molar-refractivity contribution in [2.75, 3.05) is 34.3 Å². The van der Waals surface area contributed by atoms with Crippen molar-refractivity contribution < 1.29 is 19.4 Å². The highest BCUT2D eigenvalue weighted by molar-refractivity contribution is 6.46. The van der Waals surface area contributed by atoms with E-state index in [1.807, 2.05) is 49.3 Å². The molecule has 1 saturated heterocycles. The minimum atomic E-state index is -0.673. The van der Waals surface area contributed by atoms with Crippen LogP contribution in [0.2, 0.25) is 0 Å². The van der Waals surface area contributed by atoms with E-state index in [1.165, 1.54) is 12.0 Å². The van der Waals surface area contributed by atoms with Crippen LogP contribution in [0.15, 0.2) is 60.2 Å². The zero-order valence-electron chi connectivity index (χ0n) is 16.3. The quantitative estimate of drug-likeness (QED) is 0.474. The molecule has 0 aliphatic carbocycles. The molecule has 0 radical (unpaired) electrons. The number of nitrogens with zero attached hydrogens (tertiary/aromatic N) is 2. The number of likely N-dealkylation sites (tertiary alicyclic amines) is 1. The van der Waals surface area contributed by atoms with Crippen LogP contribution in [0.3, 0.4) is 0 Å². The van der Waals surface area contributed by atoms with Gasteiger partial charge in [0.25, 0.3) is 11.7 Å². The summed E-state index contributed by atoms with van der Waals surface area (Å²) >= 11 is 0. The smallest absolute Gasteiger partial charge is 0.295 e. The highest BCUT2D eigenvalue weighted by Crippen LogP contribution is 2.39. The molecule has 1 N–H and O–H groups in total. The third-order valence-electron chi connectivity index (χ3n) is 4.79. The lowest BCUT2D eigenvalue weighted by atomic mass is 9.95. The number of ether oxygens (including phenoxy) is 1. The van der Waals surface area contributed by atoms with Gasteiger partial charge in [-0.15, -0.1) is 0 Å². The van der Waals surface area contributed by atoms with Gasteiger partial charge in [-0.1, -0.05) is 42.5 Å². The summed E-state index contributed by atoms with van der Waals surface area (Å²) in [5, 5.41) is 11.0. The lowest BCUT2D eigenvalue weighted by Gasteiger charge is -2.26. The Labute approximate surface area is 164 Å². The van der Waals surface area contributed by atoms with Crippen molar-refractivity contribution in [1.82, 2.24) is 9.80 Å².